The molecule has 0 aliphatic carbocycles. The fourth-order valence-electron chi connectivity index (χ4n) is 3.19. The van der Waals surface area contributed by atoms with Crippen LogP contribution in [0.15, 0.2) is 0 Å². The van der Waals surface area contributed by atoms with Gasteiger partial charge in [0.2, 0.25) is 0 Å². The Morgan fingerprint density at radius 1 is 1.38 bits per heavy atom. The molecule has 140 valence electrons. The SMILES string of the molecule is COCC1COCCN1C[C@H]1CN(C(=O)OC(C)(C)C)[C@H](C)CN1. The maximum atomic E-state index is 12.5. The lowest BCUT2D eigenvalue weighted by atomic mass is 10.1. The Labute approximate surface area is 145 Å². The minimum atomic E-state index is -0.467. The largest absolute Gasteiger partial charge is 0.444 e. The Balaban J connectivity index is 1.93. The minimum absolute atomic E-state index is 0.135. The summed E-state index contributed by atoms with van der Waals surface area (Å²) in [6, 6.07) is 0.640. The van der Waals surface area contributed by atoms with E-state index in [1.165, 1.54) is 0 Å². The summed E-state index contributed by atoms with van der Waals surface area (Å²) in [4.78, 5) is 16.7. The van der Waals surface area contributed by atoms with Gasteiger partial charge in [-0.15, -0.1) is 0 Å². The van der Waals surface area contributed by atoms with Gasteiger partial charge in [0.15, 0.2) is 0 Å². The van der Waals surface area contributed by atoms with Crippen molar-refractivity contribution in [2.75, 3.05) is 53.1 Å². The molecule has 0 aromatic carbocycles. The number of piperazine rings is 1. The number of hydrogen-bond donors (Lipinski definition) is 1. The van der Waals surface area contributed by atoms with Crippen LogP contribution in [0.3, 0.4) is 0 Å². The average Bonchev–Trinajstić information content (AvgIpc) is 2.49. The van der Waals surface area contributed by atoms with Crippen LogP contribution in [0, 0.1) is 0 Å². The summed E-state index contributed by atoms with van der Waals surface area (Å²) >= 11 is 0. The van der Waals surface area contributed by atoms with E-state index in [1.807, 2.05) is 25.7 Å². The van der Waals surface area contributed by atoms with Crippen molar-refractivity contribution in [2.45, 2.75) is 51.4 Å². The van der Waals surface area contributed by atoms with E-state index in [1.54, 1.807) is 7.11 Å². The second-order valence-electron chi connectivity index (χ2n) is 7.77. The van der Waals surface area contributed by atoms with E-state index in [0.29, 0.717) is 19.8 Å². The zero-order chi connectivity index (χ0) is 17.7. The van der Waals surface area contributed by atoms with Gasteiger partial charge in [-0.2, -0.15) is 0 Å². The first-order valence-corrected chi connectivity index (χ1v) is 8.84. The molecule has 2 fully saturated rings. The molecule has 0 spiro atoms. The highest BCUT2D eigenvalue weighted by Gasteiger charge is 2.34. The highest BCUT2D eigenvalue weighted by molar-refractivity contribution is 5.68. The summed E-state index contributed by atoms with van der Waals surface area (Å²) in [6.45, 7) is 13.1. The minimum Gasteiger partial charge on any atom is -0.444 e. The molecule has 2 saturated heterocycles. The molecule has 0 aromatic rings. The molecule has 1 N–H and O–H groups in total. The molecular weight excluding hydrogens is 310 g/mol. The van der Waals surface area contributed by atoms with E-state index in [0.717, 1.165) is 26.2 Å². The van der Waals surface area contributed by atoms with Crippen LogP contribution in [-0.2, 0) is 14.2 Å². The lowest BCUT2D eigenvalue weighted by Crippen LogP contribution is -2.62. The van der Waals surface area contributed by atoms with Crippen molar-refractivity contribution in [3.8, 4) is 0 Å². The molecule has 3 atom stereocenters. The lowest BCUT2D eigenvalue weighted by molar-refractivity contribution is -0.0430. The molecule has 1 amide bonds. The highest BCUT2D eigenvalue weighted by Crippen LogP contribution is 2.16. The van der Waals surface area contributed by atoms with Gasteiger partial charge in [0.1, 0.15) is 5.60 Å². The number of rotatable bonds is 4. The Kier molecular flexibility index (Phi) is 6.86. The number of carbonyl (C=O) groups excluding carboxylic acids is 1. The first kappa shape index (κ1) is 19.4. The third-order valence-electron chi connectivity index (χ3n) is 4.44. The summed E-state index contributed by atoms with van der Waals surface area (Å²) < 4.78 is 16.4. The van der Waals surface area contributed by atoms with Crippen molar-refractivity contribution in [2.24, 2.45) is 0 Å². The van der Waals surface area contributed by atoms with Crippen molar-refractivity contribution in [3.05, 3.63) is 0 Å². The molecular formula is C17H33N3O4. The third-order valence-corrected chi connectivity index (χ3v) is 4.44. The van der Waals surface area contributed by atoms with Gasteiger partial charge in [-0.05, 0) is 27.7 Å². The van der Waals surface area contributed by atoms with Crippen molar-refractivity contribution >= 4 is 6.09 Å². The van der Waals surface area contributed by atoms with Crippen LogP contribution in [-0.4, -0.2) is 92.7 Å². The Morgan fingerprint density at radius 2 is 2.12 bits per heavy atom. The molecule has 0 saturated carbocycles. The number of carbonyl (C=O) groups is 1. The molecule has 0 aromatic heterocycles. The Hall–Kier alpha value is -0.890. The summed E-state index contributed by atoms with van der Waals surface area (Å²) in [6.07, 6.45) is -0.225. The van der Waals surface area contributed by atoms with Gasteiger partial charge >= 0.3 is 6.09 Å². The van der Waals surface area contributed by atoms with Crippen LogP contribution in [0.4, 0.5) is 4.79 Å². The van der Waals surface area contributed by atoms with Crippen LogP contribution in [0.5, 0.6) is 0 Å². The van der Waals surface area contributed by atoms with Crippen molar-refractivity contribution in [1.82, 2.24) is 15.1 Å². The van der Waals surface area contributed by atoms with Gasteiger partial charge in [0.25, 0.3) is 0 Å². The van der Waals surface area contributed by atoms with Crippen LogP contribution in [0.25, 0.3) is 0 Å². The predicted molar refractivity (Wildman–Crippen MR) is 92.2 cm³/mol. The standard InChI is InChI=1S/C17H33N3O4/c1-13-8-18-14(10-20(13)16(21)24-17(2,3)4)9-19-6-7-23-12-15(19)11-22-5/h13-15,18H,6-12H2,1-5H3/t13-,14+,15?/m1/s1. The van der Waals surface area contributed by atoms with Gasteiger partial charge < -0.3 is 24.4 Å². The summed E-state index contributed by atoms with van der Waals surface area (Å²) in [7, 11) is 1.72. The smallest absolute Gasteiger partial charge is 0.410 e. The maximum absolute atomic E-state index is 12.5. The number of nitrogens with zero attached hydrogens (tertiary/aromatic N) is 2. The topological polar surface area (TPSA) is 63.3 Å². The number of morpholine rings is 1. The quantitative estimate of drug-likeness (QED) is 0.819. The zero-order valence-corrected chi connectivity index (χ0v) is 15.7. The molecule has 2 aliphatic heterocycles. The van der Waals surface area contributed by atoms with Gasteiger partial charge in [0.05, 0.1) is 25.9 Å². The van der Waals surface area contributed by atoms with Gasteiger partial charge in [0, 0.05) is 45.4 Å². The maximum Gasteiger partial charge on any atom is 0.410 e. The first-order valence-electron chi connectivity index (χ1n) is 8.84. The monoisotopic (exact) mass is 343 g/mol. The van der Waals surface area contributed by atoms with E-state index < -0.39 is 5.60 Å². The van der Waals surface area contributed by atoms with E-state index in [9.17, 15) is 4.79 Å². The molecule has 7 nitrogen and oxygen atoms in total. The van der Waals surface area contributed by atoms with E-state index in [-0.39, 0.29) is 24.2 Å². The molecule has 2 aliphatic rings. The molecule has 1 unspecified atom stereocenters. The van der Waals surface area contributed by atoms with Gasteiger partial charge in [-0.3, -0.25) is 4.90 Å². The molecule has 0 bridgehead atoms. The number of ether oxygens (including phenoxy) is 3. The van der Waals surface area contributed by atoms with E-state index in [4.69, 9.17) is 14.2 Å². The van der Waals surface area contributed by atoms with Gasteiger partial charge in [-0.1, -0.05) is 0 Å². The number of nitrogens with one attached hydrogen (secondary N) is 1. The number of amides is 1. The second-order valence-corrected chi connectivity index (χ2v) is 7.77. The van der Waals surface area contributed by atoms with Crippen LogP contribution in [0.2, 0.25) is 0 Å². The zero-order valence-electron chi connectivity index (χ0n) is 15.7. The van der Waals surface area contributed by atoms with E-state index in [2.05, 4.69) is 17.1 Å². The Bertz CT molecular complexity index is 411. The molecule has 24 heavy (non-hydrogen) atoms. The second kappa shape index (κ2) is 8.47. The summed E-state index contributed by atoms with van der Waals surface area (Å²) in [5.41, 5.74) is -0.467. The summed E-state index contributed by atoms with van der Waals surface area (Å²) in [5, 5.41) is 3.55. The molecule has 2 rings (SSSR count). The van der Waals surface area contributed by atoms with Crippen molar-refractivity contribution in [1.29, 1.82) is 0 Å². The van der Waals surface area contributed by atoms with Crippen LogP contribution >= 0.6 is 0 Å². The predicted octanol–water partition coefficient (Wildman–Crippen LogP) is 0.931. The third kappa shape index (κ3) is 5.58. The van der Waals surface area contributed by atoms with Gasteiger partial charge in [-0.25, -0.2) is 4.79 Å². The molecule has 2 heterocycles. The fraction of sp³-hybridized carbons (Fsp3) is 0.941. The first-order chi connectivity index (χ1) is 11.3. The van der Waals surface area contributed by atoms with Crippen LogP contribution < -0.4 is 5.32 Å². The highest BCUT2D eigenvalue weighted by atomic mass is 16.6. The normalized spacial score (nSPS) is 29.5. The summed E-state index contributed by atoms with van der Waals surface area (Å²) in [5.74, 6) is 0. The number of hydrogen-bond acceptors (Lipinski definition) is 6. The van der Waals surface area contributed by atoms with Crippen molar-refractivity contribution < 1.29 is 19.0 Å². The van der Waals surface area contributed by atoms with Crippen LogP contribution in [0.1, 0.15) is 27.7 Å². The Morgan fingerprint density at radius 3 is 2.79 bits per heavy atom. The fourth-order valence-corrected chi connectivity index (χ4v) is 3.19. The molecule has 0 radical (unpaired) electrons. The average molecular weight is 343 g/mol. The number of methoxy groups -OCH3 is 1. The van der Waals surface area contributed by atoms with Crippen molar-refractivity contribution in [3.63, 3.8) is 0 Å². The molecule has 7 heteroatoms. The van der Waals surface area contributed by atoms with E-state index >= 15 is 0 Å². The lowest BCUT2D eigenvalue weighted by Gasteiger charge is -2.43.